The highest BCUT2D eigenvalue weighted by molar-refractivity contribution is 5.76. The zero-order chi connectivity index (χ0) is 14.4. The van der Waals surface area contributed by atoms with Crippen LogP contribution in [0, 0.1) is 5.82 Å². The molecule has 0 spiro atoms. The first-order valence-corrected chi connectivity index (χ1v) is 6.87. The van der Waals surface area contributed by atoms with Gasteiger partial charge in [0.1, 0.15) is 11.3 Å². The molecule has 1 aliphatic rings. The Hall–Kier alpha value is -2.56. The second-order valence-electron chi connectivity index (χ2n) is 5.28. The molecule has 0 atom stereocenters. The molecule has 0 fully saturated rings. The molecule has 3 aromatic rings. The number of hydrogen-bond donors (Lipinski definition) is 1. The van der Waals surface area contributed by atoms with Gasteiger partial charge in [0.15, 0.2) is 5.58 Å². The maximum atomic E-state index is 13.4. The Bertz CT molecular complexity index is 828. The molecule has 4 nitrogen and oxygen atoms in total. The highest BCUT2D eigenvalue weighted by atomic mass is 19.1. The van der Waals surface area contributed by atoms with E-state index in [2.05, 4.69) is 9.88 Å². The van der Waals surface area contributed by atoms with Crippen LogP contribution < -0.4 is 10.6 Å². The molecular weight excluding hydrogens is 269 g/mol. The first kappa shape index (κ1) is 12.2. The van der Waals surface area contributed by atoms with Crippen molar-refractivity contribution in [2.45, 2.75) is 13.0 Å². The Kier molecular flexibility index (Phi) is 2.60. The molecule has 0 aliphatic carbocycles. The van der Waals surface area contributed by atoms with E-state index in [9.17, 15) is 4.39 Å². The molecule has 1 aromatic heterocycles. The molecule has 2 aromatic carbocycles. The fourth-order valence-electron chi connectivity index (χ4n) is 2.81. The average molecular weight is 283 g/mol. The van der Waals surface area contributed by atoms with Crippen molar-refractivity contribution < 1.29 is 8.81 Å². The van der Waals surface area contributed by atoms with Crippen LogP contribution in [-0.4, -0.2) is 11.5 Å². The SMILES string of the molecule is Nc1ccc2oc(CN3CCc4ccc(F)cc43)nc2c1. The number of nitrogen functional groups attached to an aromatic ring is 1. The molecular formula is C16H14FN3O. The number of benzene rings is 2. The molecule has 21 heavy (non-hydrogen) atoms. The van der Waals surface area contributed by atoms with Gasteiger partial charge in [-0.3, -0.25) is 0 Å². The first-order chi connectivity index (χ1) is 10.2. The van der Waals surface area contributed by atoms with Gasteiger partial charge >= 0.3 is 0 Å². The Morgan fingerprint density at radius 1 is 1.24 bits per heavy atom. The monoisotopic (exact) mass is 283 g/mol. The maximum Gasteiger partial charge on any atom is 0.215 e. The van der Waals surface area contributed by atoms with Crippen LogP contribution in [0.15, 0.2) is 40.8 Å². The van der Waals surface area contributed by atoms with Crippen molar-refractivity contribution in [2.24, 2.45) is 0 Å². The molecule has 2 N–H and O–H groups in total. The number of aromatic nitrogens is 1. The number of nitrogens with zero attached hydrogens (tertiary/aromatic N) is 2. The molecule has 0 radical (unpaired) electrons. The number of nitrogens with two attached hydrogens (primary N) is 1. The third-order valence-electron chi connectivity index (χ3n) is 3.82. The molecule has 4 rings (SSSR count). The van der Waals surface area contributed by atoms with Gasteiger partial charge in [0.25, 0.3) is 0 Å². The summed E-state index contributed by atoms with van der Waals surface area (Å²) in [7, 11) is 0. The number of oxazole rings is 1. The molecule has 0 unspecified atom stereocenters. The average Bonchev–Trinajstić information content (AvgIpc) is 3.02. The van der Waals surface area contributed by atoms with Crippen molar-refractivity contribution in [2.75, 3.05) is 17.2 Å². The zero-order valence-corrected chi connectivity index (χ0v) is 11.3. The minimum Gasteiger partial charge on any atom is -0.439 e. The lowest BCUT2D eigenvalue weighted by molar-refractivity contribution is 0.522. The van der Waals surface area contributed by atoms with Crippen molar-refractivity contribution in [3.8, 4) is 0 Å². The van der Waals surface area contributed by atoms with Crippen molar-refractivity contribution in [3.63, 3.8) is 0 Å². The number of rotatable bonds is 2. The standard InChI is InChI=1S/C16H14FN3O/c17-11-2-1-10-5-6-20(14(10)7-11)9-16-19-13-8-12(18)3-4-15(13)21-16/h1-4,7-8H,5-6,9,18H2. The summed E-state index contributed by atoms with van der Waals surface area (Å²) >= 11 is 0. The van der Waals surface area contributed by atoms with Gasteiger partial charge in [-0.05, 0) is 42.3 Å². The highest BCUT2D eigenvalue weighted by Crippen LogP contribution is 2.30. The van der Waals surface area contributed by atoms with E-state index < -0.39 is 0 Å². The van der Waals surface area contributed by atoms with Crippen molar-refractivity contribution in [1.82, 2.24) is 4.98 Å². The van der Waals surface area contributed by atoms with E-state index in [-0.39, 0.29) is 5.82 Å². The lowest BCUT2D eigenvalue weighted by atomic mass is 10.2. The normalized spacial score (nSPS) is 13.9. The van der Waals surface area contributed by atoms with Gasteiger partial charge in [0.05, 0.1) is 6.54 Å². The van der Waals surface area contributed by atoms with Crippen LogP contribution in [0.3, 0.4) is 0 Å². The quantitative estimate of drug-likeness (QED) is 0.734. The topological polar surface area (TPSA) is 55.3 Å². The summed E-state index contributed by atoms with van der Waals surface area (Å²) in [5, 5.41) is 0. The van der Waals surface area contributed by atoms with E-state index in [0.717, 1.165) is 35.3 Å². The highest BCUT2D eigenvalue weighted by Gasteiger charge is 2.21. The van der Waals surface area contributed by atoms with Crippen molar-refractivity contribution >= 4 is 22.5 Å². The zero-order valence-electron chi connectivity index (χ0n) is 11.3. The van der Waals surface area contributed by atoms with Crippen molar-refractivity contribution in [1.29, 1.82) is 0 Å². The van der Waals surface area contributed by atoms with E-state index in [0.29, 0.717) is 18.1 Å². The predicted molar refractivity (Wildman–Crippen MR) is 79.6 cm³/mol. The summed E-state index contributed by atoms with van der Waals surface area (Å²) in [4.78, 5) is 6.54. The number of hydrogen-bond acceptors (Lipinski definition) is 4. The van der Waals surface area contributed by atoms with Crippen molar-refractivity contribution in [3.05, 3.63) is 53.7 Å². The second kappa shape index (κ2) is 4.48. The molecule has 5 heteroatoms. The van der Waals surface area contributed by atoms with Crippen LogP contribution in [0.1, 0.15) is 11.5 Å². The second-order valence-corrected chi connectivity index (χ2v) is 5.28. The number of fused-ring (bicyclic) bond motifs is 2. The minimum absolute atomic E-state index is 0.217. The third kappa shape index (κ3) is 2.11. The van der Waals surface area contributed by atoms with Gasteiger partial charge in [-0.1, -0.05) is 6.07 Å². The Morgan fingerprint density at radius 3 is 3.05 bits per heavy atom. The van der Waals surface area contributed by atoms with Gasteiger partial charge in [-0.2, -0.15) is 0 Å². The first-order valence-electron chi connectivity index (χ1n) is 6.87. The summed E-state index contributed by atoms with van der Waals surface area (Å²) in [5.41, 5.74) is 9.97. The smallest absolute Gasteiger partial charge is 0.215 e. The summed E-state index contributed by atoms with van der Waals surface area (Å²) in [6, 6.07) is 10.3. The molecule has 1 aliphatic heterocycles. The molecule has 0 saturated heterocycles. The Morgan fingerprint density at radius 2 is 2.14 bits per heavy atom. The largest absolute Gasteiger partial charge is 0.439 e. The predicted octanol–water partition coefficient (Wildman–Crippen LogP) is 3.11. The molecule has 106 valence electrons. The number of halogens is 1. The molecule has 2 heterocycles. The van der Waals surface area contributed by atoms with Crippen LogP contribution in [0.5, 0.6) is 0 Å². The van der Waals surface area contributed by atoms with Crippen LogP contribution in [0.4, 0.5) is 15.8 Å². The fraction of sp³-hybridized carbons (Fsp3) is 0.188. The van der Waals surface area contributed by atoms with E-state index in [4.69, 9.17) is 10.2 Å². The van der Waals surface area contributed by atoms with E-state index in [1.54, 1.807) is 18.2 Å². The van der Waals surface area contributed by atoms with Crippen LogP contribution in [0.2, 0.25) is 0 Å². The minimum atomic E-state index is -0.217. The number of anilines is 2. The summed E-state index contributed by atoms with van der Waals surface area (Å²) in [6.07, 6.45) is 0.919. The lowest BCUT2D eigenvalue weighted by Crippen LogP contribution is -2.19. The van der Waals surface area contributed by atoms with Gasteiger partial charge in [-0.25, -0.2) is 9.37 Å². The van der Waals surface area contributed by atoms with E-state index in [1.165, 1.54) is 6.07 Å². The Balaban J connectivity index is 1.65. The van der Waals surface area contributed by atoms with Gasteiger partial charge in [0.2, 0.25) is 5.89 Å². The molecule has 0 amide bonds. The Labute approximate surface area is 121 Å². The molecule has 0 saturated carbocycles. The molecule has 0 bridgehead atoms. The van der Waals surface area contributed by atoms with Crippen LogP contribution >= 0.6 is 0 Å². The van der Waals surface area contributed by atoms with Crippen LogP contribution in [-0.2, 0) is 13.0 Å². The van der Waals surface area contributed by atoms with E-state index >= 15 is 0 Å². The fourth-order valence-corrected chi connectivity index (χ4v) is 2.81. The summed E-state index contributed by atoms with van der Waals surface area (Å²) in [6.45, 7) is 1.38. The third-order valence-corrected chi connectivity index (χ3v) is 3.82. The van der Waals surface area contributed by atoms with Gasteiger partial charge in [0, 0.05) is 17.9 Å². The maximum absolute atomic E-state index is 13.4. The van der Waals surface area contributed by atoms with E-state index in [1.807, 2.05) is 12.1 Å². The van der Waals surface area contributed by atoms with Gasteiger partial charge < -0.3 is 15.1 Å². The van der Waals surface area contributed by atoms with Gasteiger partial charge in [-0.15, -0.1) is 0 Å². The summed E-state index contributed by atoms with van der Waals surface area (Å²) < 4.78 is 19.1. The lowest BCUT2D eigenvalue weighted by Gasteiger charge is -2.16. The summed E-state index contributed by atoms with van der Waals surface area (Å²) in [5.74, 6) is 0.402. The van der Waals surface area contributed by atoms with Crippen LogP contribution in [0.25, 0.3) is 11.1 Å².